The molecule has 122 valence electrons. The van der Waals surface area contributed by atoms with E-state index in [-0.39, 0.29) is 0 Å². The Hall–Kier alpha value is -0.910. The van der Waals surface area contributed by atoms with Gasteiger partial charge in [0.15, 0.2) is 0 Å². The summed E-state index contributed by atoms with van der Waals surface area (Å²) in [7, 11) is 0. The fourth-order valence-electron chi connectivity index (χ4n) is 3.24. The van der Waals surface area contributed by atoms with Gasteiger partial charge in [-0.2, -0.15) is 0 Å². The summed E-state index contributed by atoms with van der Waals surface area (Å²) in [4.78, 5) is 9.94. The maximum atomic E-state index is 4.48. The molecule has 1 fully saturated rings. The molecule has 0 saturated carbocycles. The highest BCUT2D eigenvalue weighted by Crippen LogP contribution is 2.30. The molecule has 3 heterocycles. The number of aryl methyl sites for hydroxylation is 2. The van der Waals surface area contributed by atoms with Gasteiger partial charge in [0, 0.05) is 46.2 Å². The molecule has 3 rings (SSSR count). The fourth-order valence-corrected chi connectivity index (χ4v) is 4.85. The second kappa shape index (κ2) is 7.77. The summed E-state index contributed by atoms with van der Waals surface area (Å²) < 4.78 is 3.53. The highest BCUT2D eigenvalue weighted by Gasteiger charge is 2.21. The minimum absolute atomic E-state index is 0.720. The van der Waals surface area contributed by atoms with Crippen molar-refractivity contribution in [2.24, 2.45) is 5.92 Å². The molecule has 0 aromatic carbocycles. The van der Waals surface area contributed by atoms with Crippen LogP contribution in [-0.4, -0.2) is 27.4 Å². The Morgan fingerprint density at radius 3 is 2.74 bits per heavy atom. The van der Waals surface area contributed by atoms with Crippen LogP contribution < -0.4 is 0 Å². The lowest BCUT2D eigenvalue weighted by molar-refractivity contribution is 0.283. The second-order valence-corrected chi connectivity index (χ2v) is 8.37. The monoisotopic (exact) mass is 391 g/mol. The number of aromatic nitrogens is 2. The Morgan fingerprint density at radius 1 is 1.22 bits per heavy atom. The van der Waals surface area contributed by atoms with E-state index >= 15 is 0 Å². The highest BCUT2D eigenvalue weighted by atomic mass is 79.9. The van der Waals surface area contributed by atoms with Crippen molar-refractivity contribution in [2.45, 2.75) is 38.0 Å². The quantitative estimate of drug-likeness (QED) is 0.698. The predicted molar refractivity (Wildman–Crippen MR) is 99.5 cm³/mol. The van der Waals surface area contributed by atoms with Crippen LogP contribution in [0.25, 0.3) is 0 Å². The molecule has 0 spiro atoms. The first-order valence-electron chi connectivity index (χ1n) is 8.06. The maximum absolute atomic E-state index is 4.48. The topological polar surface area (TPSA) is 29.0 Å². The third-order valence-corrected chi connectivity index (χ3v) is 5.52. The number of hydrogen-bond donors (Lipinski definition) is 0. The second-order valence-electron chi connectivity index (χ2n) is 6.29. The summed E-state index contributed by atoms with van der Waals surface area (Å²) in [5.74, 6) is 0.720. The van der Waals surface area contributed by atoms with Crippen LogP contribution in [0.4, 0.5) is 0 Å². The Labute approximate surface area is 151 Å². The normalized spacial score (nSPS) is 19.0. The van der Waals surface area contributed by atoms with Crippen LogP contribution in [0.5, 0.6) is 0 Å². The van der Waals surface area contributed by atoms with Gasteiger partial charge in [0.2, 0.25) is 0 Å². The van der Waals surface area contributed by atoms with Crippen LogP contribution in [-0.2, 0) is 6.42 Å². The van der Waals surface area contributed by atoms with Gasteiger partial charge in [-0.1, -0.05) is 0 Å². The summed E-state index contributed by atoms with van der Waals surface area (Å²) in [5.41, 5.74) is 3.68. The van der Waals surface area contributed by atoms with E-state index in [0.29, 0.717) is 0 Å². The molecular formula is C18H22BrN3S. The zero-order valence-electron chi connectivity index (χ0n) is 13.6. The van der Waals surface area contributed by atoms with Gasteiger partial charge in [0.05, 0.1) is 0 Å². The standard InChI is InChI=1S/C18H22BrN3S/c1-13-6-16(7-14(2)21-13)8-15-4-3-5-22(12-15)23-18-9-17(19)10-20-11-18/h6-7,9-11,15H,3-5,8,12H2,1-2H3. The van der Waals surface area contributed by atoms with Crippen LogP contribution in [0.3, 0.4) is 0 Å². The van der Waals surface area contributed by atoms with E-state index < -0.39 is 0 Å². The molecule has 3 nitrogen and oxygen atoms in total. The smallest absolute Gasteiger partial charge is 0.0425 e. The van der Waals surface area contributed by atoms with Gasteiger partial charge < -0.3 is 0 Å². The summed E-state index contributed by atoms with van der Waals surface area (Å²) in [6.45, 7) is 6.46. The first kappa shape index (κ1) is 16.9. The molecule has 2 aromatic rings. The van der Waals surface area contributed by atoms with Gasteiger partial charge in [-0.25, -0.2) is 4.31 Å². The highest BCUT2D eigenvalue weighted by molar-refractivity contribution is 9.10. The number of halogens is 1. The lowest BCUT2D eigenvalue weighted by atomic mass is 9.92. The molecule has 0 aliphatic carbocycles. The molecule has 1 atom stereocenters. The van der Waals surface area contributed by atoms with Crippen LogP contribution in [0.2, 0.25) is 0 Å². The molecule has 0 bridgehead atoms. The van der Waals surface area contributed by atoms with Crippen LogP contribution >= 0.6 is 27.9 Å². The lowest BCUT2D eigenvalue weighted by Crippen LogP contribution is -2.31. The number of piperidine rings is 1. The number of pyridine rings is 2. The van der Waals surface area contributed by atoms with E-state index in [2.05, 4.69) is 62.2 Å². The van der Waals surface area contributed by atoms with Crippen LogP contribution in [0.15, 0.2) is 40.0 Å². The van der Waals surface area contributed by atoms with E-state index in [4.69, 9.17) is 0 Å². The molecular weight excluding hydrogens is 370 g/mol. The van der Waals surface area contributed by atoms with Crippen molar-refractivity contribution in [3.05, 3.63) is 52.0 Å². The van der Waals surface area contributed by atoms with Crippen molar-refractivity contribution in [1.82, 2.24) is 14.3 Å². The molecule has 23 heavy (non-hydrogen) atoms. The summed E-state index contributed by atoms with van der Waals surface area (Å²) in [6.07, 6.45) is 7.50. The van der Waals surface area contributed by atoms with Gasteiger partial charge in [-0.15, -0.1) is 0 Å². The average molecular weight is 392 g/mol. The minimum Gasteiger partial charge on any atom is -0.262 e. The zero-order chi connectivity index (χ0) is 16.2. The molecule has 5 heteroatoms. The number of nitrogens with zero attached hydrogens (tertiary/aromatic N) is 3. The van der Waals surface area contributed by atoms with E-state index in [1.54, 1.807) is 0 Å². The fraction of sp³-hybridized carbons (Fsp3) is 0.444. The summed E-state index contributed by atoms with van der Waals surface area (Å²) >= 11 is 5.32. The van der Waals surface area contributed by atoms with Crippen molar-refractivity contribution >= 4 is 27.9 Å². The van der Waals surface area contributed by atoms with Crippen molar-refractivity contribution in [2.75, 3.05) is 13.1 Å². The number of hydrogen-bond acceptors (Lipinski definition) is 4. The Balaban J connectivity index is 1.61. The number of rotatable bonds is 4. The average Bonchev–Trinajstić information content (AvgIpc) is 2.46. The van der Waals surface area contributed by atoms with Crippen molar-refractivity contribution in [3.63, 3.8) is 0 Å². The maximum Gasteiger partial charge on any atom is 0.0425 e. The van der Waals surface area contributed by atoms with Crippen molar-refractivity contribution < 1.29 is 0 Å². The largest absolute Gasteiger partial charge is 0.262 e. The minimum atomic E-state index is 0.720. The van der Waals surface area contributed by atoms with Crippen LogP contribution in [0, 0.1) is 19.8 Å². The van der Waals surface area contributed by atoms with E-state index in [9.17, 15) is 0 Å². The molecule has 0 radical (unpaired) electrons. The van der Waals surface area contributed by atoms with Crippen molar-refractivity contribution in [1.29, 1.82) is 0 Å². The van der Waals surface area contributed by atoms with Gasteiger partial charge in [-0.05, 0) is 90.7 Å². The summed E-state index contributed by atoms with van der Waals surface area (Å²) in [5, 5.41) is 0. The molecule has 1 unspecified atom stereocenters. The predicted octanol–water partition coefficient (Wildman–Crippen LogP) is 4.82. The third-order valence-electron chi connectivity index (χ3n) is 4.06. The van der Waals surface area contributed by atoms with Gasteiger partial charge in [0.1, 0.15) is 0 Å². The summed E-state index contributed by atoms with van der Waals surface area (Å²) in [6, 6.07) is 6.60. The third kappa shape index (κ3) is 5.03. The van der Waals surface area contributed by atoms with Gasteiger partial charge in [-0.3, -0.25) is 9.97 Å². The SMILES string of the molecule is Cc1cc(CC2CCCN(Sc3cncc(Br)c3)C2)cc(C)n1. The molecule has 0 amide bonds. The Bertz CT molecular complexity index is 657. The molecule has 0 N–H and O–H groups in total. The van der Waals surface area contributed by atoms with Crippen LogP contribution in [0.1, 0.15) is 29.8 Å². The molecule has 1 aliphatic heterocycles. The van der Waals surface area contributed by atoms with E-state index in [1.807, 2.05) is 24.3 Å². The van der Waals surface area contributed by atoms with Gasteiger partial charge in [0.25, 0.3) is 0 Å². The van der Waals surface area contributed by atoms with Crippen molar-refractivity contribution in [3.8, 4) is 0 Å². The first-order valence-corrected chi connectivity index (χ1v) is 9.63. The lowest BCUT2D eigenvalue weighted by Gasteiger charge is -2.31. The van der Waals surface area contributed by atoms with E-state index in [1.165, 1.54) is 23.3 Å². The first-order chi connectivity index (χ1) is 11.1. The molecule has 1 saturated heterocycles. The Morgan fingerprint density at radius 2 is 2.00 bits per heavy atom. The Kier molecular flexibility index (Phi) is 5.72. The zero-order valence-corrected chi connectivity index (χ0v) is 16.0. The van der Waals surface area contributed by atoms with Gasteiger partial charge >= 0.3 is 0 Å². The molecule has 1 aliphatic rings. The van der Waals surface area contributed by atoms with E-state index in [0.717, 1.165) is 41.3 Å². The molecule has 2 aromatic heterocycles.